The molecule has 1 atom stereocenters. The number of para-hydroxylation sites is 1. The van der Waals surface area contributed by atoms with Gasteiger partial charge >= 0.3 is 0 Å². The lowest BCUT2D eigenvalue weighted by atomic mass is 10.1. The average molecular weight is 446 g/mol. The summed E-state index contributed by atoms with van der Waals surface area (Å²) in [6, 6.07) is 22.3. The van der Waals surface area contributed by atoms with E-state index in [9.17, 15) is 13.2 Å². The van der Waals surface area contributed by atoms with Gasteiger partial charge in [0.1, 0.15) is 12.4 Å². The maximum absolute atomic E-state index is 12.8. The predicted octanol–water partition coefficient (Wildman–Crippen LogP) is 3.98. The van der Waals surface area contributed by atoms with E-state index in [1.165, 1.54) is 17.6 Å². The highest BCUT2D eigenvalue weighted by molar-refractivity contribution is 7.91. The smallest absolute Gasteiger partial charge is 0.250 e. The maximum Gasteiger partial charge on any atom is 0.250 e. The summed E-state index contributed by atoms with van der Waals surface area (Å²) in [7, 11) is -3.80. The van der Waals surface area contributed by atoms with Crippen LogP contribution < -0.4 is 10.2 Å². The Balaban J connectivity index is 1.74. The SMILES string of the molecule is O=C(NO)C(COc1ccccc1)CS(=O)(=O)c1ccc(-c2ccc(Cl)cc2)cc1. The van der Waals surface area contributed by atoms with Crippen molar-refractivity contribution in [1.82, 2.24) is 5.48 Å². The summed E-state index contributed by atoms with van der Waals surface area (Å²) in [4.78, 5) is 12.1. The zero-order valence-corrected chi connectivity index (χ0v) is 17.4. The fourth-order valence-corrected chi connectivity index (χ4v) is 4.51. The van der Waals surface area contributed by atoms with Crippen molar-refractivity contribution in [3.05, 3.63) is 83.9 Å². The Morgan fingerprint density at radius 2 is 1.50 bits per heavy atom. The van der Waals surface area contributed by atoms with Crippen LogP contribution in [-0.2, 0) is 14.6 Å². The number of rotatable bonds is 8. The second-order valence-electron chi connectivity index (χ2n) is 6.61. The van der Waals surface area contributed by atoms with Crippen LogP contribution in [-0.4, -0.2) is 31.9 Å². The highest BCUT2D eigenvalue weighted by atomic mass is 35.5. The molecule has 0 spiro atoms. The minimum Gasteiger partial charge on any atom is -0.493 e. The van der Waals surface area contributed by atoms with Gasteiger partial charge in [-0.3, -0.25) is 10.0 Å². The van der Waals surface area contributed by atoms with Gasteiger partial charge in [-0.1, -0.05) is 54.1 Å². The van der Waals surface area contributed by atoms with E-state index < -0.39 is 27.4 Å². The molecule has 0 saturated heterocycles. The first kappa shape index (κ1) is 21.8. The molecule has 1 unspecified atom stereocenters. The van der Waals surface area contributed by atoms with E-state index in [1.54, 1.807) is 48.5 Å². The molecular formula is C22H20ClNO5S. The van der Waals surface area contributed by atoms with Crippen molar-refractivity contribution in [2.24, 2.45) is 5.92 Å². The molecule has 0 aliphatic rings. The molecule has 3 aromatic carbocycles. The molecule has 3 rings (SSSR count). The second kappa shape index (κ2) is 9.75. The molecule has 0 radical (unpaired) electrons. The maximum atomic E-state index is 12.8. The molecule has 30 heavy (non-hydrogen) atoms. The number of amides is 1. The van der Waals surface area contributed by atoms with Gasteiger partial charge in [0.15, 0.2) is 9.84 Å². The Morgan fingerprint density at radius 1 is 0.933 bits per heavy atom. The summed E-state index contributed by atoms with van der Waals surface area (Å²) in [5.41, 5.74) is 3.25. The van der Waals surface area contributed by atoms with E-state index in [0.717, 1.165) is 11.1 Å². The van der Waals surface area contributed by atoms with Crippen molar-refractivity contribution in [2.75, 3.05) is 12.4 Å². The topological polar surface area (TPSA) is 92.7 Å². The summed E-state index contributed by atoms with van der Waals surface area (Å²) < 4.78 is 31.2. The van der Waals surface area contributed by atoms with Crippen LogP contribution in [0, 0.1) is 5.92 Å². The van der Waals surface area contributed by atoms with E-state index >= 15 is 0 Å². The van der Waals surface area contributed by atoms with Crippen LogP contribution >= 0.6 is 11.6 Å². The summed E-state index contributed by atoms with van der Waals surface area (Å²) in [6.45, 7) is -0.196. The van der Waals surface area contributed by atoms with Gasteiger partial charge in [-0.2, -0.15) is 0 Å². The summed E-state index contributed by atoms with van der Waals surface area (Å²) in [6.07, 6.45) is 0. The van der Waals surface area contributed by atoms with Gasteiger partial charge in [-0.25, -0.2) is 13.9 Å². The molecule has 3 aromatic rings. The normalized spacial score (nSPS) is 12.2. The molecule has 156 valence electrons. The predicted molar refractivity (Wildman–Crippen MR) is 114 cm³/mol. The fourth-order valence-electron chi connectivity index (χ4n) is 2.86. The molecule has 0 aliphatic heterocycles. The molecule has 2 N–H and O–H groups in total. The van der Waals surface area contributed by atoms with Crippen LogP contribution in [0.25, 0.3) is 11.1 Å². The van der Waals surface area contributed by atoms with E-state index in [-0.39, 0.29) is 11.5 Å². The molecule has 0 aromatic heterocycles. The van der Waals surface area contributed by atoms with Gasteiger partial charge in [0.2, 0.25) is 0 Å². The van der Waals surface area contributed by atoms with Gasteiger partial charge in [0, 0.05) is 5.02 Å². The van der Waals surface area contributed by atoms with E-state index in [1.807, 2.05) is 18.2 Å². The number of ether oxygens (including phenoxy) is 1. The number of carbonyl (C=O) groups excluding carboxylic acids is 1. The van der Waals surface area contributed by atoms with Crippen LogP contribution in [0.2, 0.25) is 5.02 Å². The lowest BCUT2D eigenvalue weighted by Crippen LogP contribution is -2.36. The zero-order chi connectivity index (χ0) is 21.6. The van der Waals surface area contributed by atoms with Crippen LogP contribution in [0.15, 0.2) is 83.8 Å². The van der Waals surface area contributed by atoms with Crippen molar-refractivity contribution in [1.29, 1.82) is 0 Å². The lowest BCUT2D eigenvalue weighted by molar-refractivity contribution is -0.133. The first-order chi connectivity index (χ1) is 14.4. The van der Waals surface area contributed by atoms with Crippen LogP contribution in [0.1, 0.15) is 0 Å². The van der Waals surface area contributed by atoms with Crippen molar-refractivity contribution in [3.8, 4) is 16.9 Å². The molecule has 6 nitrogen and oxygen atoms in total. The lowest BCUT2D eigenvalue weighted by Gasteiger charge is -2.16. The number of halogens is 1. The number of benzene rings is 3. The number of hydrogen-bond acceptors (Lipinski definition) is 5. The molecule has 0 fully saturated rings. The average Bonchev–Trinajstić information content (AvgIpc) is 2.77. The number of sulfone groups is 1. The molecule has 0 bridgehead atoms. The first-order valence-electron chi connectivity index (χ1n) is 9.09. The highest BCUT2D eigenvalue weighted by Crippen LogP contribution is 2.24. The standard InChI is InChI=1S/C22H20ClNO5S/c23-19-10-6-16(7-11-19)17-8-12-21(13-9-17)30(27,28)15-18(22(25)24-26)14-29-20-4-2-1-3-5-20/h1-13,18,26H,14-15H2,(H,24,25). The van der Waals surface area contributed by atoms with Crippen LogP contribution in [0.4, 0.5) is 0 Å². The number of hydrogen-bond donors (Lipinski definition) is 2. The monoisotopic (exact) mass is 445 g/mol. The highest BCUT2D eigenvalue weighted by Gasteiger charge is 2.27. The Kier molecular flexibility index (Phi) is 7.10. The van der Waals surface area contributed by atoms with Crippen LogP contribution in [0.5, 0.6) is 5.75 Å². The third-order valence-electron chi connectivity index (χ3n) is 4.49. The molecule has 1 amide bonds. The Hall–Kier alpha value is -2.87. The summed E-state index contributed by atoms with van der Waals surface area (Å²) in [5.74, 6) is -1.92. The Morgan fingerprint density at radius 3 is 2.07 bits per heavy atom. The molecule has 0 heterocycles. The van der Waals surface area contributed by atoms with Gasteiger partial charge in [-0.05, 0) is 47.5 Å². The Bertz CT molecular complexity index is 1080. The van der Waals surface area contributed by atoms with Gasteiger partial charge in [-0.15, -0.1) is 0 Å². The van der Waals surface area contributed by atoms with E-state index in [0.29, 0.717) is 10.8 Å². The van der Waals surface area contributed by atoms with Crippen molar-refractivity contribution < 1.29 is 23.2 Å². The number of nitrogens with one attached hydrogen (secondary N) is 1. The minimum absolute atomic E-state index is 0.0793. The van der Waals surface area contributed by atoms with E-state index in [2.05, 4.69) is 0 Å². The minimum atomic E-state index is -3.80. The third kappa shape index (κ3) is 5.60. The Labute approximate surface area is 180 Å². The quantitative estimate of drug-likeness (QED) is 0.404. The molecule has 0 aliphatic carbocycles. The summed E-state index contributed by atoms with van der Waals surface area (Å²) in [5, 5.41) is 9.61. The van der Waals surface area contributed by atoms with Gasteiger partial charge < -0.3 is 4.74 Å². The third-order valence-corrected chi connectivity index (χ3v) is 6.57. The van der Waals surface area contributed by atoms with Crippen LogP contribution in [0.3, 0.4) is 0 Å². The number of hydroxylamine groups is 1. The fraction of sp³-hybridized carbons (Fsp3) is 0.136. The molecule has 0 saturated carbocycles. The summed E-state index contributed by atoms with van der Waals surface area (Å²) >= 11 is 5.89. The molecule has 8 heteroatoms. The second-order valence-corrected chi connectivity index (χ2v) is 9.08. The largest absolute Gasteiger partial charge is 0.493 e. The van der Waals surface area contributed by atoms with Gasteiger partial charge in [0.25, 0.3) is 5.91 Å². The zero-order valence-electron chi connectivity index (χ0n) is 15.9. The molecular weight excluding hydrogens is 426 g/mol. The van der Waals surface area contributed by atoms with Crippen molar-refractivity contribution >= 4 is 27.3 Å². The van der Waals surface area contributed by atoms with E-state index in [4.69, 9.17) is 21.5 Å². The first-order valence-corrected chi connectivity index (χ1v) is 11.1. The van der Waals surface area contributed by atoms with Crippen molar-refractivity contribution in [2.45, 2.75) is 4.90 Å². The van der Waals surface area contributed by atoms with Gasteiger partial charge in [0.05, 0.1) is 16.6 Å². The number of carbonyl (C=O) groups is 1. The van der Waals surface area contributed by atoms with Crippen molar-refractivity contribution in [3.63, 3.8) is 0 Å².